The summed E-state index contributed by atoms with van der Waals surface area (Å²) in [5.41, 5.74) is -4.03. The van der Waals surface area contributed by atoms with Crippen LogP contribution < -0.4 is 20.4 Å². The molecular formula is C16H8O14S2Zr. The monoisotopic (exact) mass is 578 g/mol. The standard InChI is InChI=1S/2C8H6O7S.Zr/c2*9-7(10)4-2-1-3-5(16(13,14)15)6(4)8(11)12;/h2*1-3H,(H,9,10)(H,11,12)(H,13,14,15);/q;;+4/p-4. The number of aromatic carboxylic acids is 4. The fourth-order valence-corrected chi connectivity index (χ4v) is 3.66. The molecule has 0 unspecified atom stereocenters. The van der Waals surface area contributed by atoms with Gasteiger partial charge in [-0.25, -0.2) is 0 Å². The molecular weight excluding hydrogens is 572 g/mol. The van der Waals surface area contributed by atoms with Gasteiger partial charge in [0.05, 0.1) is 23.9 Å². The van der Waals surface area contributed by atoms with Gasteiger partial charge in [-0.1, -0.05) is 24.3 Å². The summed E-state index contributed by atoms with van der Waals surface area (Å²) in [5.74, 6) is -7.84. The zero-order valence-electron chi connectivity index (χ0n) is 15.6. The van der Waals surface area contributed by atoms with Crippen molar-refractivity contribution in [3.05, 3.63) is 58.7 Å². The van der Waals surface area contributed by atoms with Gasteiger partial charge in [0.1, 0.15) is 9.79 Å². The Bertz CT molecular complexity index is 1230. The minimum absolute atomic E-state index is 0. The second kappa shape index (κ2) is 11.2. The molecule has 0 aliphatic carbocycles. The topological polar surface area (TPSA) is 269 Å². The summed E-state index contributed by atoms with van der Waals surface area (Å²) in [6.45, 7) is 0. The second-order valence-corrected chi connectivity index (χ2v) is 8.24. The summed E-state index contributed by atoms with van der Waals surface area (Å²) >= 11 is 0. The van der Waals surface area contributed by atoms with Gasteiger partial charge in [0.15, 0.2) is 0 Å². The minimum Gasteiger partial charge on any atom is -0.545 e. The molecule has 2 N–H and O–H groups in total. The quantitative estimate of drug-likeness (QED) is 0.304. The zero-order valence-corrected chi connectivity index (χ0v) is 19.7. The predicted octanol–water partition coefficient (Wildman–Crippen LogP) is -4.68. The normalized spacial score (nSPS) is 10.7. The zero-order chi connectivity index (χ0) is 25.0. The molecule has 0 aromatic heterocycles. The number of hydrogen-bond acceptors (Lipinski definition) is 12. The summed E-state index contributed by atoms with van der Waals surface area (Å²) < 4.78 is 60.5. The van der Waals surface area contributed by atoms with E-state index < -0.39 is 76.2 Å². The first-order valence-corrected chi connectivity index (χ1v) is 10.4. The van der Waals surface area contributed by atoms with Gasteiger partial charge in [-0.2, -0.15) is 16.8 Å². The number of hydrogen-bond donors (Lipinski definition) is 2. The molecule has 0 heterocycles. The Balaban J connectivity index is 0.000000602. The van der Waals surface area contributed by atoms with Crippen LogP contribution in [0.25, 0.3) is 0 Å². The third-order valence-electron chi connectivity index (χ3n) is 3.46. The van der Waals surface area contributed by atoms with Crippen LogP contribution in [0.4, 0.5) is 0 Å². The largest absolute Gasteiger partial charge is 4.00 e. The van der Waals surface area contributed by atoms with Crippen molar-refractivity contribution in [2.75, 3.05) is 0 Å². The van der Waals surface area contributed by atoms with Gasteiger partial charge in [-0.05, 0) is 12.1 Å². The molecule has 2 rings (SSSR count). The van der Waals surface area contributed by atoms with Crippen LogP contribution in [0.5, 0.6) is 0 Å². The van der Waals surface area contributed by atoms with Crippen molar-refractivity contribution >= 4 is 44.1 Å². The van der Waals surface area contributed by atoms with Gasteiger partial charge in [-0.15, -0.1) is 0 Å². The van der Waals surface area contributed by atoms with Gasteiger partial charge in [0.2, 0.25) is 0 Å². The van der Waals surface area contributed by atoms with Crippen LogP contribution in [0.1, 0.15) is 41.4 Å². The van der Waals surface area contributed by atoms with Crippen LogP contribution in [0.2, 0.25) is 0 Å². The van der Waals surface area contributed by atoms with Crippen molar-refractivity contribution in [2.45, 2.75) is 9.79 Å². The van der Waals surface area contributed by atoms with Crippen LogP contribution in [0.3, 0.4) is 0 Å². The third kappa shape index (κ3) is 7.54. The number of benzene rings is 2. The number of rotatable bonds is 6. The van der Waals surface area contributed by atoms with Crippen LogP contribution in [-0.4, -0.2) is 49.8 Å². The van der Waals surface area contributed by atoms with E-state index in [2.05, 4.69) is 0 Å². The molecule has 0 amide bonds. The third-order valence-corrected chi connectivity index (χ3v) is 5.25. The molecule has 0 fully saturated rings. The number of carboxylic acids is 4. The average Bonchev–Trinajstić information content (AvgIpc) is 2.65. The van der Waals surface area contributed by atoms with Crippen molar-refractivity contribution in [3.8, 4) is 0 Å². The average molecular weight is 580 g/mol. The Labute approximate surface area is 203 Å². The van der Waals surface area contributed by atoms with Crippen molar-refractivity contribution in [1.29, 1.82) is 0 Å². The maximum absolute atomic E-state index is 10.8. The first-order chi connectivity index (χ1) is 14.5. The van der Waals surface area contributed by atoms with Gasteiger partial charge < -0.3 is 39.6 Å². The van der Waals surface area contributed by atoms with Crippen molar-refractivity contribution in [3.63, 3.8) is 0 Å². The molecule has 0 radical (unpaired) electrons. The van der Waals surface area contributed by atoms with E-state index in [1.54, 1.807) is 0 Å². The van der Waals surface area contributed by atoms with E-state index in [0.717, 1.165) is 36.4 Å². The molecule has 0 aliphatic heterocycles. The molecule has 14 nitrogen and oxygen atoms in total. The number of carboxylic acid groups (broad SMARTS) is 4. The second-order valence-electron chi connectivity index (χ2n) is 5.46. The Morgan fingerprint density at radius 3 is 1.03 bits per heavy atom. The fraction of sp³-hybridized carbons (Fsp3) is 0. The maximum Gasteiger partial charge on any atom is 4.00 e. The molecule has 0 saturated heterocycles. The molecule has 0 bridgehead atoms. The van der Waals surface area contributed by atoms with E-state index in [0.29, 0.717) is 0 Å². The predicted molar refractivity (Wildman–Crippen MR) is 89.8 cm³/mol. The van der Waals surface area contributed by atoms with Crippen molar-refractivity contribution in [2.24, 2.45) is 0 Å². The van der Waals surface area contributed by atoms with Gasteiger partial charge in [0.25, 0.3) is 20.2 Å². The van der Waals surface area contributed by atoms with Gasteiger partial charge in [0, 0.05) is 22.3 Å². The molecule has 0 atom stereocenters. The van der Waals surface area contributed by atoms with Crippen LogP contribution in [0.15, 0.2) is 46.2 Å². The first-order valence-electron chi connectivity index (χ1n) is 7.56. The summed E-state index contributed by atoms with van der Waals surface area (Å²) in [5, 5.41) is 42.3. The number of carbonyl (C=O) groups is 4. The summed E-state index contributed by atoms with van der Waals surface area (Å²) in [4.78, 5) is 40.2. The molecule has 2 aromatic rings. The van der Waals surface area contributed by atoms with Crippen LogP contribution in [0, 0.1) is 0 Å². The molecule has 0 saturated carbocycles. The Hall–Kier alpha value is -2.98. The van der Waals surface area contributed by atoms with E-state index in [9.17, 15) is 56.4 Å². The molecule has 0 aliphatic rings. The Kier molecular flexibility index (Phi) is 10.2. The van der Waals surface area contributed by atoms with Gasteiger partial charge in [-0.3, -0.25) is 9.11 Å². The Morgan fingerprint density at radius 2 is 0.848 bits per heavy atom. The number of carbonyl (C=O) groups excluding carboxylic acids is 4. The van der Waals surface area contributed by atoms with E-state index in [4.69, 9.17) is 9.11 Å². The van der Waals surface area contributed by atoms with Gasteiger partial charge >= 0.3 is 26.2 Å². The molecule has 33 heavy (non-hydrogen) atoms. The van der Waals surface area contributed by atoms with E-state index in [1.807, 2.05) is 0 Å². The SMILES string of the molecule is O=C([O-])c1cccc(S(=O)(=O)O)c1C(=O)[O-].O=C([O-])c1cccc(S(=O)(=O)O)c1C(=O)[O-].[Zr+4]. The van der Waals surface area contributed by atoms with Crippen molar-refractivity contribution < 1.29 is 91.7 Å². The minimum atomic E-state index is -4.85. The van der Waals surface area contributed by atoms with E-state index in [1.165, 1.54) is 0 Å². The van der Waals surface area contributed by atoms with Crippen LogP contribution >= 0.6 is 0 Å². The van der Waals surface area contributed by atoms with E-state index in [-0.39, 0.29) is 26.2 Å². The molecule has 0 spiro atoms. The molecule has 172 valence electrons. The summed E-state index contributed by atoms with van der Waals surface area (Å²) in [6.07, 6.45) is 0. The summed E-state index contributed by atoms with van der Waals surface area (Å²) in [7, 11) is -9.69. The summed E-state index contributed by atoms with van der Waals surface area (Å²) in [6, 6.07) is 5.06. The molecule has 17 heteroatoms. The van der Waals surface area contributed by atoms with E-state index >= 15 is 0 Å². The Morgan fingerprint density at radius 1 is 0.576 bits per heavy atom. The van der Waals surface area contributed by atoms with Crippen molar-refractivity contribution in [1.82, 2.24) is 0 Å². The maximum atomic E-state index is 10.8. The molecule has 2 aromatic carbocycles. The smallest absolute Gasteiger partial charge is 0.545 e. The fourth-order valence-electron chi connectivity index (χ4n) is 2.25. The van der Waals surface area contributed by atoms with Crippen LogP contribution in [-0.2, 0) is 46.4 Å². The first kappa shape index (κ1) is 30.0.